The Hall–Kier alpha value is -3.91. The summed E-state index contributed by atoms with van der Waals surface area (Å²) in [5.41, 5.74) is 7.60. The number of nitrogens with zero attached hydrogens (tertiary/aromatic N) is 4. The van der Waals surface area contributed by atoms with Gasteiger partial charge in [0.15, 0.2) is 6.17 Å². The molecule has 2 fully saturated rings. The van der Waals surface area contributed by atoms with Gasteiger partial charge >= 0.3 is 18.9 Å². The maximum absolute atomic E-state index is 5.75. The predicted octanol–water partition coefficient (Wildman–Crippen LogP) is 5.44. The minimum atomic E-state index is -0.597. The molecule has 0 unspecified atom stereocenters. The average molecular weight is 697 g/mol. The zero-order valence-electron chi connectivity index (χ0n) is 28.4. The molecule has 10 heteroatoms. The van der Waals surface area contributed by atoms with E-state index in [0.717, 1.165) is 71.5 Å². The Morgan fingerprint density at radius 2 is 0.840 bits per heavy atom. The van der Waals surface area contributed by atoms with Crippen LogP contribution in [0.5, 0.6) is 0 Å². The molecule has 2 aliphatic rings. The fourth-order valence-corrected chi connectivity index (χ4v) is 6.03. The molecule has 0 amide bonds. The van der Waals surface area contributed by atoms with Gasteiger partial charge in [0.1, 0.15) is 0 Å². The monoisotopic (exact) mass is 696 g/mol. The van der Waals surface area contributed by atoms with E-state index in [0.29, 0.717) is 4.20 Å². The topological polar surface area (TPSA) is 85.6 Å². The van der Waals surface area contributed by atoms with Crippen molar-refractivity contribution in [2.45, 2.75) is 31.8 Å². The van der Waals surface area contributed by atoms with Gasteiger partial charge in [0.25, 0.3) is 0 Å². The molecular formula is C40H41LiN4O3S2. The van der Waals surface area contributed by atoms with Crippen molar-refractivity contribution >= 4 is 29.0 Å². The van der Waals surface area contributed by atoms with Gasteiger partial charge in [-0.25, -0.2) is 9.36 Å². The van der Waals surface area contributed by atoms with Crippen molar-refractivity contribution in [3.63, 3.8) is 0 Å². The van der Waals surface area contributed by atoms with Crippen LogP contribution < -0.4 is 18.9 Å². The van der Waals surface area contributed by atoms with E-state index in [1.54, 1.807) is 0 Å². The van der Waals surface area contributed by atoms with Crippen molar-refractivity contribution in [3.8, 4) is 45.0 Å². The van der Waals surface area contributed by atoms with Gasteiger partial charge in [-0.2, -0.15) is 10.2 Å². The Labute approximate surface area is 317 Å². The molecule has 252 valence electrons. The van der Waals surface area contributed by atoms with Crippen molar-refractivity contribution < 1.29 is 33.8 Å². The molecule has 2 N–H and O–H groups in total. The summed E-state index contributed by atoms with van der Waals surface area (Å²) < 4.78 is 14.1. The number of hydrogen-bond acceptors (Lipinski definition) is 6. The quantitative estimate of drug-likeness (QED) is 0.126. The Kier molecular flexibility index (Phi) is 15.6. The van der Waals surface area contributed by atoms with Gasteiger partial charge in [-0.05, 0) is 48.9 Å². The summed E-state index contributed by atoms with van der Waals surface area (Å²) in [4.78, 5) is 0. The zero-order chi connectivity index (χ0) is 33.0. The summed E-state index contributed by atoms with van der Waals surface area (Å²) in [5, 5.41) is 10.1. The molecular weight excluding hydrogens is 656 g/mol. The number of rotatable bonds is 7. The molecule has 0 aliphatic carbocycles. The summed E-state index contributed by atoms with van der Waals surface area (Å²) in [6.07, 6.45) is 4.51. The molecule has 50 heavy (non-hydrogen) atoms. The smallest absolute Gasteiger partial charge is 0.429 e. The van der Waals surface area contributed by atoms with E-state index in [-0.39, 0.29) is 24.3 Å². The maximum Gasteiger partial charge on any atom is 1.00 e. The Morgan fingerprint density at radius 3 is 1.10 bits per heavy atom. The van der Waals surface area contributed by atoms with Crippen LogP contribution in [0.2, 0.25) is 0 Å². The maximum atomic E-state index is 5.75. The van der Waals surface area contributed by atoms with E-state index in [4.69, 9.17) is 44.5 Å². The average Bonchev–Trinajstić information content (AvgIpc) is 3.99. The minimum absolute atomic E-state index is 0. The summed E-state index contributed by atoms with van der Waals surface area (Å²) in [5.74, 6) is 0. The first-order chi connectivity index (χ1) is 23.7. The van der Waals surface area contributed by atoms with Crippen molar-refractivity contribution in [1.29, 1.82) is 0 Å². The van der Waals surface area contributed by atoms with Crippen LogP contribution in [0.25, 0.3) is 45.0 Å². The number of benzene rings is 4. The van der Waals surface area contributed by atoms with E-state index >= 15 is 0 Å². The zero-order valence-corrected chi connectivity index (χ0v) is 30.0. The molecule has 2 aliphatic heterocycles. The predicted molar refractivity (Wildman–Crippen MR) is 204 cm³/mol. The second-order valence-electron chi connectivity index (χ2n) is 11.5. The Balaban J connectivity index is 0.000000403. The van der Waals surface area contributed by atoms with E-state index in [9.17, 15) is 0 Å². The first kappa shape index (κ1) is 38.9. The fourth-order valence-electron chi connectivity index (χ4n) is 5.63. The molecule has 0 bridgehead atoms. The third kappa shape index (κ3) is 10.1. The molecule has 7 nitrogen and oxygen atoms in total. The van der Waals surface area contributed by atoms with E-state index in [2.05, 4.69) is 60.7 Å². The van der Waals surface area contributed by atoms with Crippen molar-refractivity contribution in [2.75, 3.05) is 26.4 Å². The molecule has 4 aromatic carbocycles. The number of hydrogen-bond donors (Lipinski definition) is 0. The van der Waals surface area contributed by atoms with E-state index in [1.807, 2.05) is 82.2 Å². The van der Waals surface area contributed by atoms with Crippen LogP contribution in [0.1, 0.15) is 31.8 Å². The van der Waals surface area contributed by atoms with Gasteiger partial charge in [-0.1, -0.05) is 121 Å². The van der Waals surface area contributed by atoms with Gasteiger partial charge in [-0.3, -0.25) is 0 Å². The third-order valence-corrected chi connectivity index (χ3v) is 8.50. The largest absolute Gasteiger partial charge is 1.00 e. The fraction of sp³-hybridized carbons (Fsp3) is 0.225. The second kappa shape index (κ2) is 20.1. The first-order valence-electron chi connectivity index (χ1n) is 16.5. The van der Waals surface area contributed by atoms with Crippen LogP contribution in [-0.2, 0) is 22.1 Å². The summed E-state index contributed by atoms with van der Waals surface area (Å²) in [6, 6.07) is 44.8. The van der Waals surface area contributed by atoms with Crippen LogP contribution in [0.3, 0.4) is 0 Å². The number of ether oxygens (including phenoxy) is 2. The van der Waals surface area contributed by atoms with Crippen LogP contribution in [0.15, 0.2) is 133 Å². The first-order valence-corrected chi connectivity index (χ1v) is 17.3. The van der Waals surface area contributed by atoms with Crippen LogP contribution >= 0.6 is 12.2 Å². The van der Waals surface area contributed by atoms with Gasteiger partial charge < -0.3 is 39.8 Å². The van der Waals surface area contributed by atoms with Crippen molar-refractivity contribution in [2.24, 2.45) is 0 Å². The van der Waals surface area contributed by atoms with Crippen molar-refractivity contribution in [3.05, 3.63) is 133 Å². The number of aromatic nitrogens is 4. The van der Waals surface area contributed by atoms with Crippen LogP contribution in [0.4, 0.5) is 0 Å². The SMILES string of the molecule is C1CCOC1.C1CCOC1.O.S=C([S-])C(n1nc(-c2ccccc2)cc1-c1ccccc1)n1nc(-c2ccccc2)cc1-c1ccccc1.[Li+]. The summed E-state index contributed by atoms with van der Waals surface area (Å²) >= 11 is 11.5. The molecule has 2 saturated heterocycles. The normalized spacial score (nSPS) is 13.2. The van der Waals surface area contributed by atoms with Crippen LogP contribution in [-0.4, -0.2) is 55.7 Å². The second-order valence-corrected chi connectivity index (χ2v) is 12.7. The molecule has 4 heterocycles. The van der Waals surface area contributed by atoms with E-state index in [1.165, 1.54) is 25.7 Å². The number of thiocarbonyl (C=S) groups is 1. The molecule has 0 spiro atoms. The summed E-state index contributed by atoms with van der Waals surface area (Å²) in [7, 11) is 0. The van der Waals surface area contributed by atoms with Gasteiger partial charge in [0.2, 0.25) is 0 Å². The summed E-state index contributed by atoms with van der Waals surface area (Å²) in [6.45, 7) is 4.00. The van der Waals surface area contributed by atoms with Crippen molar-refractivity contribution in [1.82, 2.24) is 19.6 Å². The third-order valence-electron chi connectivity index (χ3n) is 8.08. The molecule has 6 aromatic rings. The van der Waals surface area contributed by atoms with Gasteiger partial charge in [-0.15, -0.1) is 4.20 Å². The molecule has 8 rings (SSSR count). The van der Waals surface area contributed by atoms with Crippen LogP contribution in [0, 0.1) is 0 Å². The minimum Gasteiger partial charge on any atom is -0.429 e. The van der Waals surface area contributed by atoms with Gasteiger partial charge in [0.05, 0.1) is 22.8 Å². The Morgan fingerprint density at radius 1 is 0.540 bits per heavy atom. The standard InChI is InChI=1S/C32H24N4S2.2C4H8O.Li.H2O/c37-32(38)31(35-29(25-17-9-3-10-18-25)21-27(33-35)23-13-5-1-6-14-23)36-30(26-19-11-4-12-20-26)22-28(34-36)24-15-7-2-8-16-24;2*1-2-4-5-3-1;;/h1-22,31H,(H,37,38);2*1-4H2;;1H2/q;;;+1;/p-1. The molecule has 0 saturated carbocycles. The molecule has 0 radical (unpaired) electrons. The molecule has 2 aromatic heterocycles. The van der Waals surface area contributed by atoms with E-state index < -0.39 is 6.17 Å². The molecule has 0 atom stereocenters. The Bertz CT molecular complexity index is 1720. The van der Waals surface area contributed by atoms with Gasteiger partial charge in [0, 0.05) is 37.6 Å².